The molecule has 0 amide bonds. The Hall–Kier alpha value is 1.02. The number of hydrogen-bond donors (Lipinski definition) is 0. The van der Waals surface area contributed by atoms with E-state index in [1.807, 2.05) is 13.8 Å². The zero-order chi connectivity index (χ0) is 8.36. The molecule has 0 heterocycles. The quantitative estimate of drug-likeness (QED) is 0.460. The van der Waals surface area contributed by atoms with Crippen LogP contribution in [0.25, 0.3) is 0 Å². The van der Waals surface area contributed by atoms with Crippen LogP contribution in [-0.4, -0.2) is 36.3 Å². The summed E-state index contributed by atoms with van der Waals surface area (Å²) in [5.41, 5.74) is 0. The normalized spacial score (nSPS) is 14.3. The molecule has 0 aromatic heterocycles. The SMILES string of the molecule is CCOCC.[CH-]1CCCCC1.[Cl-].[Mg+2]. The van der Waals surface area contributed by atoms with Crippen LogP contribution in [0.15, 0.2) is 0 Å². The van der Waals surface area contributed by atoms with E-state index in [4.69, 9.17) is 4.74 Å². The van der Waals surface area contributed by atoms with Crippen molar-refractivity contribution < 1.29 is 17.1 Å². The van der Waals surface area contributed by atoms with Gasteiger partial charge in [0.05, 0.1) is 0 Å². The molecule has 1 nitrogen and oxygen atoms in total. The first-order valence-corrected chi connectivity index (χ1v) is 4.81. The first-order chi connectivity index (χ1) is 5.41. The van der Waals surface area contributed by atoms with E-state index in [9.17, 15) is 0 Å². The fourth-order valence-corrected chi connectivity index (χ4v) is 1.10. The second-order valence-corrected chi connectivity index (χ2v) is 2.71. The summed E-state index contributed by atoms with van der Waals surface area (Å²) in [5.74, 6) is 0. The third-order valence-corrected chi connectivity index (χ3v) is 1.72. The fourth-order valence-electron chi connectivity index (χ4n) is 1.10. The Balaban J connectivity index is -0.000000136. The van der Waals surface area contributed by atoms with E-state index in [-0.39, 0.29) is 35.5 Å². The maximum atomic E-state index is 4.83. The number of ether oxygens (including phenoxy) is 1. The number of rotatable bonds is 2. The average Bonchev–Trinajstić information content (AvgIpc) is 2.10. The van der Waals surface area contributed by atoms with Crippen LogP contribution in [0, 0.1) is 6.42 Å². The standard InChI is InChI=1S/C6H11.C4H10O.ClH.Mg/c1-2-4-6-5-3-1;1-3-5-4-2;;/h1H,2-6H2;3-4H2,1-2H3;1H;/q-1;;;+2/p-1. The Kier molecular flexibility index (Phi) is 28.2. The van der Waals surface area contributed by atoms with Crippen molar-refractivity contribution in [1.29, 1.82) is 0 Å². The smallest absolute Gasteiger partial charge is 1.00 e. The van der Waals surface area contributed by atoms with Gasteiger partial charge < -0.3 is 23.6 Å². The zero-order valence-corrected chi connectivity index (χ0v) is 11.2. The molecule has 76 valence electrons. The summed E-state index contributed by atoms with van der Waals surface area (Å²) in [6.45, 7) is 5.67. The van der Waals surface area contributed by atoms with Crippen LogP contribution in [-0.2, 0) is 4.74 Å². The molecule has 0 aromatic carbocycles. The van der Waals surface area contributed by atoms with Crippen molar-refractivity contribution in [1.82, 2.24) is 0 Å². The van der Waals surface area contributed by atoms with Gasteiger partial charge in [0.25, 0.3) is 0 Å². The van der Waals surface area contributed by atoms with Crippen molar-refractivity contribution in [3.63, 3.8) is 0 Å². The van der Waals surface area contributed by atoms with Gasteiger partial charge in [-0.15, -0.1) is 0 Å². The minimum atomic E-state index is 0. The molecule has 0 aromatic rings. The fraction of sp³-hybridized carbons (Fsp3) is 0.900. The Morgan fingerprint density at radius 3 is 1.54 bits per heavy atom. The monoisotopic (exact) mass is 216 g/mol. The van der Waals surface area contributed by atoms with Crippen molar-refractivity contribution in [2.75, 3.05) is 13.2 Å². The minimum absolute atomic E-state index is 0. The molecule has 0 spiro atoms. The molecule has 3 heteroatoms. The molecule has 0 aliphatic heterocycles. The molecule has 0 atom stereocenters. The molecule has 0 bridgehead atoms. The van der Waals surface area contributed by atoms with Gasteiger partial charge in [0, 0.05) is 13.2 Å². The van der Waals surface area contributed by atoms with Crippen molar-refractivity contribution in [3.05, 3.63) is 6.42 Å². The van der Waals surface area contributed by atoms with Crippen LogP contribution in [0.3, 0.4) is 0 Å². The largest absolute Gasteiger partial charge is 2.00 e. The second-order valence-electron chi connectivity index (χ2n) is 2.71. The van der Waals surface area contributed by atoms with Gasteiger partial charge in [0.2, 0.25) is 0 Å². The van der Waals surface area contributed by atoms with Gasteiger partial charge in [-0.2, -0.15) is 12.8 Å². The molecule has 0 unspecified atom stereocenters. The summed E-state index contributed by atoms with van der Waals surface area (Å²) in [7, 11) is 0. The molecule has 1 aliphatic rings. The van der Waals surface area contributed by atoms with Crippen molar-refractivity contribution in [3.8, 4) is 0 Å². The summed E-state index contributed by atoms with van der Waals surface area (Å²) in [6, 6.07) is 0. The van der Waals surface area contributed by atoms with Crippen LogP contribution < -0.4 is 12.4 Å². The van der Waals surface area contributed by atoms with Gasteiger partial charge in [0.1, 0.15) is 0 Å². The third-order valence-electron chi connectivity index (χ3n) is 1.72. The molecule has 1 aliphatic carbocycles. The summed E-state index contributed by atoms with van der Waals surface area (Å²) < 4.78 is 4.83. The molecule has 0 saturated heterocycles. The number of hydrogen-bond acceptors (Lipinski definition) is 1. The number of halogens is 1. The van der Waals surface area contributed by atoms with E-state index >= 15 is 0 Å². The Morgan fingerprint density at radius 2 is 1.46 bits per heavy atom. The van der Waals surface area contributed by atoms with E-state index in [1.54, 1.807) is 0 Å². The van der Waals surface area contributed by atoms with E-state index in [1.165, 1.54) is 32.1 Å². The van der Waals surface area contributed by atoms with Crippen LogP contribution in [0.5, 0.6) is 0 Å². The van der Waals surface area contributed by atoms with Gasteiger partial charge in [-0.3, -0.25) is 0 Å². The van der Waals surface area contributed by atoms with Crippen molar-refractivity contribution in [2.24, 2.45) is 0 Å². The molecular formula is C10H21ClMgO. The molecule has 0 radical (unpaired) electrons. The first kappa shape index (κ1) is 19.6. The van der Waals surface area contributed by atoms with Crippen LogP contribution in [0.1, 0.15) is 46.0 Å². The summed E-state index contributed by atoms with van der Waals surface area (Å²) in [5, 5.41) is 0. The summed E-state index contributed by atoms with van der Waals surface area (Å²) in [6.07, 6.45) is 9.50. The van der Waals surface area contributed by atoms with E-state index in [0.717, 1.165) is 13.2 Å². The molecule has 0 N–H and O–H groups in total. The van der Waals surface area contributed by atoms with Crippen LogP contribution >= 0.6 is 0 Å². The predicted molar refractivity (Wildman–Crippen MR) is 55.3 cm³/mol. The first-order valence-electron chi connectivity index (χ1n) is 4.81. The van der Waals surface area contributed by atoms with Crippen molar-refractivity contribution >= 4 is 23.1 Å². The summed E-state index contributed by atoms with van der Waals surface area (Å²) in [4.78, 5) is 0. The molecule has 1 rings (SSSR count). The maximum Gasteiger partial charge on any atom is 2.00 e. The third kappa shape index (κ3) is 19.4. The molecular weight excluding hydrogens is 196 g/mol. The zero-order valence-electron chi connectivity index (χ0n) is 9.02. The minimum Gasteiger partial charge on any atom is -1.00 e. The predicted octanol–water partition coefficient (Wildman–Crippen LogP) is -0.179. The second kappa shape index (κ2) is 18.7. The summed E-state index contributed by atoms with van der Waals surface area (Å²) >= 11 is 0. The molecule has 13 heavy (non-hydrogen) atoms. The Morgan fingerprint density at radius 1 is 1.00 bits per heavy atom. The van der Waals surface area contributed by atoms with E-state index < -0.39 is 0 Å². The van der Waals surface area contributed by atoms with Gasteiger partial charge in [-0.1, -0.05) is 19.3 Å². The van der Waals surface area contributed by atoms with Gasteiger partial charge in [-0.05, 0) is 13.8 Å². The van der Waals surface area contributed by atoms with Gasteiger partial charge in [-0.25, -0.2) is 0 Å². The Labute approximate surface area is 106 Å². The van der Waals surface area contributed by atoms with E-state index in [2.05, 4.69) is 6.42 Å². The average molecular weight is 217 g/mol. The van der Waals surface area contributed by atoms with Gasteiger partial charge >= 0.3 is 23.1 Å². The van der Waals surface area contributed by atoms with Crippen LogP contribution in [0.4, 0.5) is 0 Å². The molecule has 1 saturated carbocycles. The molecule has 1 fully saturated rings. The maximum absolute atomic E-state index is 4.83. The van der Waals surface area contributed by atoms with Crippen molar-refractivity contribution in [2.45, 2.75) is 46.0 Å². The van der Waals surface area contributed by atoms with Crippen LogP contribution in [0.2, 0.25) is 0 Å². The van der Waals surface area contributed by atoms with E-state index in [0.29, 0.717) is 0 Å². The topological polar surface area (TPSA) is 9.23 Å². The Bertz CT molecular complexity index is 54.4. The van der Waals surface area contributed by atoms with Gasteiger partial charge in [0.15, 0.2) is 0 Å².